The molecule has 0 fully saturated rings. The van der Waals surface area contributed by atoms with E-state index in [2.05, 4.69) is 0 Å². The van der Waals surface area contributed by atoms with E-state index in [4.69, 9.17) is 11.6 Å². The highest BCUT2D eigenvalue weighted by molar-refractivity contribution is 6.28. The van der Waals surface area contributed by atoms with Crippen LogP contribution in [0.15, 0.2) is 18.2 Å². The van der Waals surface area contributed by atoms with Crippen molar-refractivity contribution in [3.05, 3.63) is 35.4 Å². The summed E-state index contributed by atoms with van der Waals surface area (Å²) in [7, 11) is 0. The summed E-state index contributed by atoms with van der Waals surface area (Å²) in [5.41, 5.74) is -0.615. The second-order valence-electron chi connectivity index (χ2n) is 2.61. The van der Waals surface area contributed by atoms with E-state index >= 15 is 0 Å². The van der Waals surface area contributed by atoms with Crippen molar-refractivity contribution < 1.29 is 18.0 Å². The van der Waals surface area contributed by atoms with Crippen LogP contribution in [-0.4, -0.2) is 11.7 Å². The Kier molecular flexibility index (Phi) is 3.52. The molecule has 0 bridgehead atoms. The van der Waals surface area contributed by atoms with Gasteiger partial charge in [-0.1, -0.05) is 12.1 Å². The molecule has 0 aromatic heterocycles. The van der Waals surface area contributed by atoms with E-state index in [1.807, 2.05) is 0 Å². The molecule has 0 N–H and O–H groups in total. The van der Waals surface area contributed by atoms with Gasteiger partial charge < -0.3 is 0 Å². The summed E-state index contributed by atoms with van der Waals surface area (Å²) in [6.45, 7) is 0. The van der Waals surface area contributed by atoms with Gasteiger partial charge in [0.25, 0.3) is 0 Å². The number of benzene rings is 1. The number of hydrogen-bond acceptors (Lipinski definition) is 1. The molecule has 1 aromatic rings. The van der Waals surface area contributed by atoms with Crippen molar-refractivity contribution in [2.75, 3.05) is 5.88 Å². The van der Waals surface area contributed by atoms with Crippen LogP contribution in [-0.2, 0) is 4.79 Å². The van der Waals surface area contributed by atoms with Crippen molar-refractivity contribution in [3.63, 3.8) is 0 Å². The highest BCUT2D eigenvalue weighted by Gasteiger charge is 2.23. The number of alkyl halides is 2. The minimum atomic E-state index is -2.21. The molecule has 14 heavy (non-hydrogen) atoms. The van der Waals surface area contributed by atoms with E-state index < -0.39 is 35.0 Å². The zero-order valence-electron chi connectivity index (χ0n) is 6.94. The molecule has 1 rings (SSSR count). The van der Waals surface area contributed by atoms with Gasteiger partial charge in [0, 0.05) is 5.56 Å². The summed E-state index contributed by atoms with van der Waals surface area (Å²) in [5.74, 6) is -4.10. The molecule has 0 amide bonds. The molecular weight excluding hydrogens is 217 g/mol. The lowest BCUT2D eigenvalue weighted by Gasteiger charge is -2.06. The summed E-state index contributed by atoms with van der Waals surface area (Å²) in [5, 5.41) is 0. The van der Waals surface area contributed by atoms with Gasteiger partial charge in [0.05, 0.1) is 5.88 Å². The van der Waals surface area contributed by atoms with Crippen molar-refractivity contribution in [2.24, 2.45) is 0 Å². The average molecular weight is 223 g/mol. The molecule has 1 atom stereocenters. The number of rotatable bonds is 3. The van der Waals surface area contributed by atoms with Gasteiger partial charge >= 0.3 is 0 Å². The van der Waals surface area contributed by atoms with Crippen LogP contribution < -0.4 is 0 Å². The first-order valence-electron chi connectivity index (χ1n) is 3.74. The van der Waals surface area contributed by atoms with Gasteiger partial charge in [-0.2, -0.15) is 0 Å². The fourth-order valence-corrected chi connectivity index (χ4v) is 1.09. The molecule has 1 nitrogen and oxygen atoms in total. The Morgan fingerprint density at radius 2 is 2.07 bits per heavy atom. The fourth-order valence-electron chi connectivity index (χ4n) is 0.957. The molecule has 0 saturated heterocycles. The normalized spacial score (nSPS) is 12.6. The predicted octanol–water partition coefficient (Wildman–Crippen LogP) is 2.78. The summed E-state index contributed by atoms with van der Waals surface area (Å²) >= 11 is 5.08. The van der Waals surface area contributed by atoms with Crippen molar-refractivity contribution in [3.8, 4) is 0 Å². The maximum atomic E-state index is 13.1. The number of ketones is 1. The van der Waals surface area contributed by atoms with Gasteiger partial charge in [-0.15, -0.1) is 11.6 Å². The maximum Gasteiger partial charge on any atom is 0.187 e. The largest absolute Gasteiger partial charge is 0.295 e. The average Bonchev–Trinajstić information content (AvgIpc) is 2.20. The summed E-state index contributed by atoms with van der Waals surface area (Å²) < 4.78 is 38.7. The molecule has 76 valence electrons. The fraction of sp³-hybridized carbons (Fsp3) is 0.222. The highest BCUT2D eigenvalue weighted by atomic mass is 35.5. The lowest BCUT2D eigenvalue weighted by Crippen LogP contribution is -2.11. The molecule has 0 aliphatic rings. The first-order valence-corrected chi connectivity index (χ1v) is 4.28. The maximum absolute atomic E-state index is 13.1. The lowest BCUT2D eigenvalue weighted by atomic mass is 10.1. The van der Waals surface area contributed by atoms with Gasteiger partial charge in [0.2, 0.25) is 0 Å². The van der Waals surface area contributed by atoms with E-state index in [9.17, 15) is 18.0 Å². The highest BCUT2D eigenvalue weighted by Crippen LogP contribution is 2.23. The Morgan fingerprint density at radius 1 is 1.43 bits per heavy atom. The van der Waals surface area contributed by atoms with E-state index in [-0.39, 0.29) is 0 Å². The van der Waals surface area contributed by atoms with Gasteiger partial charge in [-0.3, -0.25) is 4.79 Å². The van der Waals surface area contributed by atoms with Crippen LogP contribution in [0.25, 0.3) is 0 Å². The van der Waals surface area contributed by atoms with Crippen LogP contribution in [0.1, 0.15) is 11.7 Å². The number of Topliss-reactive ketones (excluding diaryl/α,β-unsaturated/α-hetero) is 1. The van der Waals surface area contributed by atoms with Gasteiger partial charge in [-0.05, 0) is 6.07 Å². The Hall–Kier alpha value is -1.03. The van der Waals surface area contributed by atoms with Gasteiger partial charge in [0.1, 0.15) is 0 Å². The molecule has 0 saturated carbocycles. The number of carbonyl (C=O) groups excluding carboxylic acids is 1. The zero-order chi connectivity index (χ0) is 10.7. The van der Waals surface area contributed by atoms with Gasteiger partial charge in [-0.25, -0.2) is 13.2 Å². The standard InChI is InChI=1S/C9H6ClF3O/c10-4-7(14)9(13)5-2-1-3-6(11)8(5)12/h1-3,9H,4H2. The summed E-state index contributed by atoms with van der Waals surface area (Å²) in [4.78, 5) is 10.8. The van der Waals surface area contributed by atoms with Crippen LogP contribution in [0.3, 0.4) is 0 Å². The lowest BCUT2D eigenvalue weighted by molar-refractivity contribution is -0.121. The molecule has 1 aromatic carbocycles. The minimum Gasteiger partial charge on any atom is -0.295 e. The zero-order valence-corrected chi connectivity index (χ0v) is 7.69. The monoisotopic (exact) mass is 222 g/mol. The predicted molar refractivity (Wildman–Crippen MR) is 45.9 cm³/mol. The number of halogens is 4. The van der Waals surface area contributed by atoms with Crippen molar-refractivity contribution in [1.82, 2.24) is 0 Å². The van der Waals surface area contributed by atoms with Crippen LogP contribution in [0.2, 0.25) is 0 Å². The Morgan fingerprint density at radius 3 is 2.64 bits per heavy atom. The number of carbonyl (C=O) groups is 1. The van der Waals surface area contributed by atoms with E-state index in [1.54, 1.807) is 0 Å². The smallest absolute Gasteiger partial charge is 0.187 e. The number of hydrogen-bond donors (Lipinski definition) is 0. The van der Waals surface area contributed by atoms with Gasteiger partial charge in [0.15, 0.2) is 23.6 Å². The third-order valence-corrected chi connectivity index (χ3v) is 1.93. The van der Waals surface area contributed by atoms with Crippen LogP contribution in [0.4, 0.5) is 13.2 Å². The molecule has 0 spiro atoms. The van der Waals surface area contributed by atoms with Crippen molar-refractivity contribution in [1.29, 1.82) is 0 Å². The topological polar surface area (TPSA) is 17.1 Å². The van der Waals surface area contributed by atoms with Crippen LogP contribution in [0, 0.1) is 11.6 Å². The second kappa shape index (κ2) is 4.46. The molecule has 1 unspecified atom stereocenters. The Labute approximate surface area is 83.5 Å². The quantitative estimate of drug-likeness (QED) is 0.719. The first kappa shape index (κ1) is 11.0. The Balaban J connectivity index is 3.07. The molecule has 0 heterocycles. The molecule has 0 radical (unpaired) electrons. The summed E-state index contributed by atoms with van der Waals surface area (Å²) in [6.07, 6.45) is -2.21. The molecule has 0 aliphatic heterocycles. The summed E-state index contributed by atoms with van der Waals surface area (Å²) in [6, 6.07) is 2.98. The Bertz CT molecular complexity index is 354. The molecule has 0 aliphatic carbocycles. The molecule has 5 heteroatoms. The third kappa shape index (κ3) is 2.07. The van der Waals surface area contributed by atoms with E-state index in [1.165, 1.54) is 0 Å². The van der Waals surface area contributed by atoms with Crippen LogP contribution in [0.5, 0.6) is 0 Å². The molecular formula is C9H6ClF3O. The minimum absolute atomic E-state index is 0.572. The van der Waals surface area contributed by atoms with E-state index in [0.29, 0.717) is 0 Å². The van der Waals surface area contributed by atoms with Crippen LogP contribution >= 0.6 is 11.6 Å². The first-order chi connectivity index (χ1) is 6.57. The van der Waals surface area contributed by atoms with Crippen molar-refractivity contribution in [2.45, 2.75) is 6.17 Å². The SMILES string of the molecule is O=C(CCl)C(F)c1cccc(F)c1F. The van der Waals surface area contributed by atoms with Crippen molar-refractivity contribution >= 4 is 17.4 Å². The third-order valence-electron chi connectivity index (χ3n) is 1.67. The van der Waals surface area contributed by atoms with E-state index in [0.717, 1.165) is 18.2 Å². The second-order valence-corrected chi connectivity index (χ2v) is 2.87.